The Bertz CT molecular complexity index is 1900. The van der Waals surface area contributed by atoms with Crippen LogP contribution < -0.4 is 20.2 Å². The molecule has 0 atom stereocenters. The van der Waals surface area contributed by atoms with Crippen LogP contribution in [0.4, 0.5) is 5.13 Å². The maximum atomic E-state index is 12.8. The highest BCUT2D eigenvalue weighted by Gasteiger charge is 2.18. The number of nitrogens with one attached hydrogen (secondary N) is 2. The first kappa shape index (κ1) is 31.0. The number of esters is 2. The van der Waals surface area contributed by atoms with Gasteiger partial charge in [0, 0.05) is 27.2 Å². The van der Waals surface area contributed by atoms with Crippen LogP contribution in [0.2, 0.25) is 10.0 Å². The molecule has 0 saturated carbocycles. The molecule has 0 radical (unpaired) electrons. The van der Waals surface area contributed by atoms with Gasteiger partial charge < -0.3 is 9.47 Å². The summed E-state index contributed by atoms with van der Waals surface area (Å²) in [7, 11) is 0. The van der Waals surface area contributed by atoms with Gasteiger partial charge >= 0.3 is 23.8 Å². The first-order valence-corrected chi connectivity index (χ1v) is 14.5. The Balaban J connectivity index is 1.28. The van der Waals surface area contributed by atoms with Crippen LogP contribution in [0.3, 0.4) is 0 Å². The van der Waals surface area contributed by atoms with Crippen molar-refractivity contribution in [1.82, 2.24) is 15.6 Å². The summed E-state index contributed by atoms with van der Waals surface area (Å²) in [6, 6.07) is 25.5. The standard InChI is InChI=1S/C31H19Cl2N5O6S/c32-22-11-6-19(7-12-22)29(41)43-24-15-10-21(25(16-24)44-30(42)20-8-13-23(33)14-9-20)17-34-36-27(40)26(39)35-31-38-37-28(45-31)18-4-2-1-3-5-18/h1-17H,(H,36,40)(H,35,38,39)/b34-17-. The molecular weight excluding hydrogens is 641 g/mol. The van der Waals surface area contributed by atoms with Crippen LogP contribution in [0.5, 0.6) is 11.5 Å². The zero-order chi connectivity index (χ0) is 31.8. The summed E-state index contributed by atoms with van der Waals surface area (Å²) < 4.78 is 11.0. The number of hydrogen-bond donors (Lipinski definition) is 2. The van der Waals surface area contributed by atoms with Gasteiger partial charge in [-0.3, -0.25) is 14.9 Å². The first-order valence-electron chi connectivity index (χ1n) is 12.9. The summed E-state index contributed by atoms with van der Waals surface area (Å²) in [6.07, 6.45) is 1.15. The Morgan fingerprint density at radius 1 is 0.733 bits per heavy atom. The molecule has 224 valence electrons. The van der Waals surface area contributed by atoms with E-state index in [-0.39, 0.29) is 33.3 Å². The minimum absolute atomic E-state index is 0.0545. The molecule has 45 heavy (non-hydrogen) atoms. The van der Waals surface area contributed by atoms with Crippen molar-refractivity contribution in [3.8, 4) is 22.1 Å². The number of aromatic nitrogens is 2. The molecule has 2 amide bonds. The van der Waals surface area contributed by atoms with Crippen molar-refractivity contribution in [2.24, 2.45) is 5.10 Å². The normalized spacial score (nSPS) is 10.7. The van der Waals surface area contributed by atoms with Gasteiger partial charge in [0.2, 0.25) is 5.13 Å². The quantitative estimate of drug-likeness (QED) is 0.0673. The molecule has 2 N–H and O–H groups in total. The number of rotatable bonds is 8. The van der Waals surface area contributed by atoms with Crippen molar-refractivity contribution in [2.75, 3.05) is 5.32 Å². The van der Waals surface area contributed by atoms with E-state index in [0.29, 0.717) is 15.1 Å². The number of anilines is 1. The molecule has 1 aromatic heterocycles. The van der Waals surface area contributed by atoms with Crippen LogP contribution in [-0.2, 0) is 9.59 Å². The molecule has 5 rings (SSSR count). The first-order chi connectivity index (χ1) is 21.7. The van der Waals surface area contributed by atoms with Gasteiger partial charge in [-0.2, -0.15) is 5.10 Å². The van der Waals surface area contributed by atoms with E-state index in [4.69, 9.17) is 32.7 Å². The third kappa shape index (κ3) is 8.36. The summed E-state index contributed by atoms with van der Waals surface area (Å²) >= 11 is 12.9. The van der Waals surface area contributed by atoms with E-state index in [2.05, 4.69) is 26.0 Å². The van der Waals surface area contributed by atoms with E-state index >= 15 is 0 Å². The third-order valence-corrected chi connectivity index (χ3v) is 7.19. The number of amides is 2. The lowest BCUT2D eigenvalue weighted by molar-refractivity contribution is -0.136. The van der Waals surface area contributed by atoms with Gasteiger partial charge in [0.1, 0.15) is 16.5 Å². The number of carbonyl (C=O) groups excluding carboxylic acids is 4. The molecule has 11 nitrogen and oxygen atoms in total. The van der Waals surface area contributed by atoms with Crippen LogP contribution in [0.15, 0.2) is 102 Å². The van der Waals surface area contributed by atoms with E-state index in [1.165, 1.54) is 54.6 Å². The third-order valence-electron chi connectivity index (χ3n) is 5.80. The van der Waals surface area contributed by atoms with Crippen molar-refractivity contribution >= 4 is 69.6 Å². The smallest absolute Gasteiger partial charge is 0.343 e. The minimum Gasteiger partial charge on any atom is -0.423 e. The number of ether oxygens (including phenoxy) is 2. The Morgan fingerprint density at radius 3 is 2.00 bits per heavy atom. The molecule has 0 bridgehead atoms. The van der Waals surface area contributed by atoms with Crippen molar-refractivity contribution in [3.05, 3.63) is 124 Å². The zero-order valence-electron chi connectivity index (χ0n) is 22.8. The highest BCUT2D eigenvalue weighted by atomic mass is 35.5. The maximum absolute atomic E-state index is 12.8. The van der Waals surface area contributed by atoms with Crippen LogP contribution in [0.1, 0.15) is 26.3 Å². The molecule has 14 heteroatoms. The van der Waals surface area contributed by atoms with Crippen molar-refractivity contribution in [3.63, 3.8) is 0 Å². The number of carbonyl (C=O) groups is 4. The molecule has 4 aromatic carbocycles. The number of halogens is 2. The van der Waals surface area contributed by atoms with Crippen molar-refractivity contribution < 1.29 is 28.7 Å². The zero-order valence-corrected chi connectivity index (χ0v) is 25.1. The Labute approximate surface area is 269 Å². The van der Waals surface area contributed by atoms with Gasteiger partial charge in [0.25, 0.3) is 0 Å². The molecule has 1 heterocycles. The van der Waals surface area contributed by atoms with Crippen LogP contribution >= 0.6 is 34.5 Å². The van der Waals surface area contributed by atoms with Crippen LogP contribution in [-0.4, -0.2) is 40.2 Å². The predicted molar refractivity (Wildman–Crippen MR) is 169 cm³/mol. The van der Waals surface area contributed by atoms with Crippen molar-refractivity contribution in [2.45, 2.75) is 0 Å². The lowest BCUT2D eigenvalue weighted by Gasteiger charge is -2.11. The highest BCUT2D eigenvalue weighted by molar-refractivity contribution is 7.18. The fourth-order valence-corrected chi connectivity index (χ4v) is 4.60. The molecule has 0 spiro atoms. The molecule has 0 fully saturated rings. The molecule has 5 aromatic rings. The summed E-state index contributed by atoms with van der Waals surface area (Å²) in [5, 5.41) is 15.6. The Kier molecular flexibility index (Phi) is 9.90. The Hall–Kier alpha value is -5.43. The van der Waals surface area contributed by atoms with Crippen molar-refractivity contribution in [1.29, 1.82) is 0 Å². The van der Waals surface area contributed by atoms with Gasteiger partial charge in [-0.1, -0.05) is 64.9 Å². The average Bonchev–Trinajstić information content (AvgIpc) is 3.51. The summed E-state index contributed by atoms with van der Waals surface area (Å²) in [5.41, 5.74) is 3.57. The lowest BCUT2D eigenvalue weighted by atomic mass is 10.2. The lowest BCUT2D eigenvalue weighted by Crippen LogP contribution is -2.32. The fraction of sp³-hybridized carbons (Fsp3) is 0. The fourth-order valence-electron chi connectivity index (χ4n) is 3.61. The van der Waals surface area contributed by atoms with Crippen LogP contribution in [0, 0.1) is 0 Å². The topological polar surface area (TPSA) is 149 Å². The van der Waals surface area contributed by atoms with E-state index in [9.17, 15) is 19.2 Å². The molecule has 0 aliphatic heterocycles. The van der Waals surface area contributed by atoms with E-state index < -0.39 is 23.8 Å². The number of benzene rings is 4. The van der Waals surface area contributed by atoms with Gasteiger partial charge in [-0.25, -0.2) is 15.0 Å². The molecule has 0 aliphatic carbocycles. The van der Waals surface area contributed by atoms with E-state index in [0.717, 1.165) is 23.1 Å². The van der Waals surface area contributed by atoms with E-state index in [1.807, 2.05) is 30.3 Å². The van der Waals surface area contributed by atoms with Gasteiger partial charge in [0.15, 0.2) is 0 Å². The highest BCUT2D eigenvalue weighted by Crippen LogP contribution is 2.27. The SMILES string of the molecule is O=C(N/N=C\c1ccc(OC(=O)c2ccc(Cl)cc2)cc1OC(=O)c1ccc(Cl)cc1)C(=O)Nc1nnc(-c2ccccc2)s1. The predicted octanol–water partition coefficient (Wildman–Crippen LogP) is 6.04. The number of nitrogens with zero attached hydrogens (tertiary/aromatic N) is 3. The second-order valence-electron chi connectivity index (χ2n) is 8.92. The van der Waals surface area contributed by atoms with E-state index in [1.54, 1.807) is 12.1 Å². The maximum Gasteiger partial charge on any atom is 0.343 e. The molecule has 0 aliphatic rings. The van der Waals surface area contributed by atoms with Gasteiger partial charge in [-0.05, 0) is 60.7 Å². The minimum atomic E-state index is -1.09. The average molecular weight is 660 g/mol. The summed E-state index contributed by atoms with van der Waals surface area (Å²) in [4.78, 5) is 50.2. The number of hydrazone groups is 1. The second kappa shape index (κ2) is 14.4. The van der Waals surface area contributed by atoms with Gasteiger partial charge in [-0.15, -0.1) is 10.2 Å². The summed E-state index contributed by atoms with van der Waals surface area (Å²) in [5.74, 6) is -3.52. The Morgan fingerprint density at radius 2 is 1.36 bits per heavy atom. The number of hydrogen-bond acceptors (Lipinski definition) is 10. The second-order valence-corrected chi connectivity index (χ2v) is 10.8. The molecule has 0 unspecified atom stereocenters. The monoisotopic (exact) mass is 659 g/mol. The van der Waals surface area contributed by atoms with Gasteiger partial charge in [0.05, 0.1) is 17.3 Å². The largest absolute Gasteiger partial charge is 0.423 e. The van der Waals surface area contributed by atoms with Crippen LogP contribution in [0.25, 0.3) is 10.6 Å². The molecule has 0 saturated heterocycles. The molecular formula is C31H19Cl2N5O6S. The summed E-state index contributed by atoms with van der Waals surface area (Å²) in [6.45, 7) is 0.